The molecule has 1 atom stereocenters. The van der Waals surface area contributed by atoms with Crippen LogP contribution in [0.15, 0.2) is 42.7 Å². The van der Waals surface area contributed by atoms with Crippen LogP contribution in [0.5, 0.6) is 0 Å². The molecule has 3 heteroatoms. The van der Waals surface area contributed by atoms with E-state index in [-0.39, 0.29) is 0 Å². The van der Waals surface area contributed by atoms with Gasteiger partial charge in [0.05, 0.1) is 11.9 Å². The number of pyridine rings is 1. The van der Waals surface area contributed by atoms with Gasteiger partial charge in [0.15, 0.2) is 0 Å². The summed E-state index contributed by atoms with van der Waals surface area (Å²) in [6.07, 6.45) is 7.57. The van der Waals surface area contributed by atoms with Crippen LogP contribution in [0.2, 0.25) is 0 Å². The van der Waals surface area contributed by atoms with Gasteiger partial charge >= 0.3 is 0 Å². The first-order chi connectivity index (χ1) is 10.4. The van der Waals surface area contributed by atoms with Crippen molar-refractivity contribution in [3.05, 3.63) is 59.4 Å². The standard InChI is InChI=1S/C18H21N3/c1-2-4-14(5-3-1)10-15-11-20-13-18-17(15)7-6-16-12-19-8-9-21(16)18/h1-5,11,13,16,19H,6-10,12H2. The highest BCUT2D eigenvalue weighted by molar-refractivity contribution is 5.58. The molecule has 1 aromatic carbocycles. The summed E-state index contributed by atoms with van der Waals surface area (Å²) in [6.45, 7) is 3.30. The molecule has 1 N–H and O–H groups in total. The van der Waals surface area contributed by atoms with Gasteiger partial charge in [-0.05, 0) is 36.0 Å². The van der Waals surface area contributed by atoms with E-state index in [2.05, 4.69) is 57.9 Å². The molecule has 0 aliphatic carbocycles. The molecule has 0 saturated carbocycles. The lowest BCUT2D eigenvalue weighted by Crippen LogP contribution is -2.53. The van der Waals surface area contributed by atoms with Crippen molar-refractivity contribution >= 4 is 5.69 Å². The van der Waals surface area contributed by atoms with Crippen LogP contribution >= 0.6 is 0 Å². The van der Waals surface area contributed by atoms with Gasteiger partial charge in [0, 0.05) is 31.9 Å². The smallest absolute Gasteiger partial charge is 0.0591 e. The normalized spacial score (nSPS) is 20.8. The Kier molecular flexibility index (Phi) is 3.36. The third-order valence-corrected chi connectivity index (χ3v) is 4.75. The predicted octanol–water partition coefficient (Wildman–Crippen LogP) is 2.40. The Bertz CT molecular complexity index is 624. The lowest BCUT2D eigenvalue weighted by atomic mass is 9.90. The van der Waals surface area contributed by atoms with Crippen LogP contribution in [0.3, 0.4) is 0 Å². The number of rotatable bonds is 2. The molecular formula is C18H21N3. The minimum absolute atomic E-state index is 0.653. The zero-order chi connectivity index (χ0) is 14.1. The van der Waals surface area contributed by atoms with E-state index in [1.807, 2.05) is 0 Å². The van der Waals surface area contributed by atoms with Crippen LogP contribution in [-0.4, -0.2) is 30.7 Å². The van der Waals surface area contributed by atoms with Crippen LogP contribution in [0.1, 0.15) is 23.1 Å². The summed E-state index contributed by atoms with van der Waals surface area (Å²) in [5, 5.41) is 3.51. The van der Waals surface area contributed by atoms with Gasteiger partial charge in [0.2, 0.25) is 0 Å². The van der Waals surface area contributed by atoms with Gasteiger partial charge in [-0.3, -0.25) is 4.98 Å². The first kappa shape index (κ1) is 12.8. The maximum Gasteiger partial charge on any atom is 0.0591 e. The molecule has 1 fully saturated rings. The van der Waals surface area contributed by atoms with Gasteiger partial charge < -0.3 is 10.2 Å². The molecule has 108 valence electrons. The second kappa shape index (κ2) is 5.49. The number of nitrogens with zero attached hydrogens (tertiary/aromatic N) is 2. The highest BCUT2D eigenvalue weighted by Crippen LogP contribution is 2.33. The number of hydrogen-bond acceptors (Lipinski definition) is 3. The summed E-state index contributed by atoms with van der Waals surface area (Å²) in [5.74, 6) is 0. The van der Waals surface area contributed by atoms with Crippen LogP contribution in [0.25, 0.3) is 0 Å². The minimum Gasteiger partial charge on any atom is -0.365 e. The molecule has 2 aromatic rings. The Morgan fingerprint density at radius 2 is 2.10 bits per heavy atom. The molecule has 2 aliphatic rings. The lowest BCUT2D eigenvalue weighted by Gasteiger charge is -2.42. The molecule has 0 bridgehead atoms. The topological polar surface area (TPSA) is 28.2 Å². The number of benzene rings is 1. The maximum atomic E-state index is 4.52. The SMILES string of the molecule is c1ccc(Cc2cncc3c2CCC2CNCCN32)cc1. The molecule has 0 radical (unpaired) electrons. The zero-order valence-corrected chi connectivity index (χ0v) is 12.3. The highest BCUT2D eigenvalue weighted by Gasteiger charge is 2.29. The Hall–Kier alpha value is -1.87. The van der Waals surface area contributed by atoms with Crippen LogP contribution in [-0.2, 0) is 12.8 Å². The predicted molar refractivity (Wildman–Crippen MR) is 85.8 cm³/mol. The Morgan fingerprint density at radius 1 is 1.19 bits per heavy atom. The Labute approximate surface area is 126 Å². The largest absolute Gasteiger partial charge is 0.365 e. The molecule has 3 nitrogen and oxygen atoms in total. The highest BCUT2D eigenvalue weighted by atomic mass is 15.2. The maximum absolute atomic E-state index is 4.52. The zero-order valence-electron chi connectivity index (χ0n) is 12.3. The molecule has 1 unspecified atom stereocenters. The fraction of sp³-hybridized carbons (Fsp3) is 0.389. The Morgan fingerprint density at radius 3 is 3.00 bits per heavy atom. The van der Waals surface area contributed by atoms with Crippen molar-refractivity contribution in [2.24, 2.45) is 0 Å². The fourth-order valence-corrected chi connectivity index (χ4v) is 3.67. The van der Waals surface area contributed by atoms with Crippen molar-refractivity contribution in [2.45, 2.75) is 25.3 Å². The van der Waals surface area contributed by atoms with Crippen molar-refractivity contribution in [2.75, 3.05) is 24.5 Å². The average molecular weight is 279 g/mol. The van der Waals surface area contributed by atoms with E-state index in [9.17, 15) is 0 Å². The van der Waals surface area contributed by atoms with Gasteiger partial charge in [-0.15, -0.1) is 0 Å². The summed E-state index contributed by atoms with van der Waals surface area (Å²) in [7, 11) is 0. The summed E-state index contributed by atoms with van der Waals surface area (Å²) in [4.78, 5) is 7.09. The number of hydrogen-bond donors (Lipinski definition) is 1. The fourth-order valence-electron chi connectivity index (χ4n) is 3.67. The third-order valence-electron chi connectivity index (χ3n) is 4.75. The van der Waals surface area contributed by atoms with Crippen LogP contribution in [0.4, 0.5) is 5.69 Å². The lowest BCUT2D eigenvalue weighted by molar-refractivity contribution is 0.438. The van der Waals surface area contributed by atoms with Crippen molar-refractivity contribution < 1.29 is 0 Å². The van der Waals surface area contributed by atoms with E-state index in [1.54, 1.807) is 0 Å². The van der Waals surface area contributed by atoms with Crippen LogP contribution < -0.4 is 10.2 Å². The molecule has 21 heavy (non-hydrogen) atoms. The first-order valence-electron chi connectivity index (χ1n) is 7.89. The van der Waals surface area contributed by atoms with Gasteiger partial charge in [-0.1, -0.05) is 30.3 Å². The van der Waals surface area contributed by atoms with E-state index < -0.39 is 0 Å². The van der Waals surface area contributed by atoms with E-state index in [1.165, 1.54) is 35.2 Å². The summed E-state index contributed by atoms with van der Waals surface area (Å²) in [5.41, 5.74) is 5.67. The molecule has 2 aliphatic heterocycles. The van der Waals surface area contributed by atoms with Gasteiger partial charge in [0.25, 0.3) is 0 Å². The molecule has 1 saturated heterocycles. The minimum atomic E-state index is 0.653. The summed E-state index contributed by atoms with van der Waals surface area (Å²) >= 11 is 0. The third kappa shape index (κ3) is 2.42. The Balaban J connectivity index is 1.68. The number of anilines is 1. The van der Waals surface area contributed by atoms with E-state index >= 15 is 0 Å². The number of nitrogens with one attached hydrogen (secondary N) is 1. The van der Waals surface area contributed by atoms with E-state index in [4.69, 9.17) is 0 Å². The molecular weight excluding hydrogens is 258 g/mol. The summed E-state index contributed by atoms with van der Waals surface area (Å²) in [6, 6.07) is 11.4. The summed E-state index contributed by atoms with van der Waals surface area (Å²) < 4.78 is 0. The first-order valence-corrected chi connectivity index (χ1v) is 7.89. The van der Waals surface area contributed by atoms with Crippen molar-refractivity contribution in [3.63, 3.8) is 0 Å². The number of fused-ring (bicyclic) bond motifs is 3. The molecule has 3 heterocycles. The number of aromatic nitrogens is 1. The van der Waals surface area contributed by atoms with Crippen molar-refractivity contribution in [1.29, 1.82) is 0 Å². The van der Waals surface area contributed by atoms with E-state index in [0.717, 1.165) is 26.1 Å². The second-order valence-corrected chi connectivity index (χ2v) is 6.05. The van der Waals surface area contributed by atoms with Crippen LogP contribution in [0, 0.1) is 0 Å². The van der Waals surface area contributed by atoms with Gasteiger partial charge in [0.1, 0.15) is 0 Å². The monoisotopic (exact) mass is 279 g/mol. The van der Waals surface area contributed by atoms with E-state index in [0.29, 0.717) is 6.04 Å². The van der Waals surface area contributed by atoms with Crippen molar-refractivity contribution in [1.82, 2.24) is 10.3 Å². The molecule has 4 rings (SSSR count). The molecule has 1 aromatic heterocycles. The average Bonchev–Trinajstić information content (AvgIpc) is 2.56. The second-order valence-electron chi connectivity index (χ2n) is 6.05. The molecule has 0 amide bonds. The van der Waals surface area contributed by atoms with Gasteiger partial charge in [-0.25, -0.2) is 0 Å². The quantitative estimate of drug-likeness (QED) is 0.915. The van der Waals surface area contributed by atoms with Crippen molar-refractivity contribution in [3.8, 4) is 0 Å². The molecule has 0 spiro atoms. The number of piperazine rings is 1. The van der Waals surface area contributed by atoms with Gasteiger partial charge in [-0.2, -0.15) is 0 Å².